The number of rotatable bonds is 7. The number of esters is 1. The molecule has 0 bridgehead atoms. The van der Waals surface area contributed by atoms with Crippen molar-refractivity contribution in [3.05, 3.63) is 0 Å². The molecule has 0 aliphatic heterocycles. The average Bonchev–Trinajstić information content (AvgIpc) is 2.25. The first kappa shape index (κ1) is 16.9. The first-order valence-corrected chi connectivity index (χ1v) is 6.49. The zero-order valence-corrected chi connectivity index (χ0v) is 12.1. The highest BCUT2D eigenvalue weighted by Gasteiger charge is 2.26. The second-order valence-corrected chi connectivity index (χ2v) is 5.19. The Morgan fingerprint density at radius 3 is 2.17 bits per heavy atom. The maximum absolute atomic E-state index is 12.2. The van der Waals surface area contributed by atoms with E-state index in [1.807, 2.05) is 27.7 Å². The van der Waals surface area contributed by atoms with Gasteiger partial charge in [-0.3, -0.25) is 9.59 Å². The highest BCUT2D eigenvalue weighted by Crippen LogP contribution is 2.07. The van der Waals surface area contributed by atoms with Crippen LogP contribution in [0.1, 0.15) is 34.6 Å². The van der Waals surface area contributed by atoms with Gasteiger partial charge >= 0.3 is 5.97 Å². The van der Waals surface area contributed by atoms with E-state index < -0.39 is 6.04 Å². The van der Waals surface area contributed by atoms with Crippen LogP contribution in [0.25, 0.3) is 0 Å². The van der Waals surface area contributed by atoms with Gasteiger partial charge in [-0.1, -0.05) is 27.7 Å². The first-order valence-electron chi connectivity index (χ1n) is 6.49. The van der Waals surface area contributed by atoms with Gasteiger partial charge in [0, 0.05) is 6.54 Å². The zero-order valence-electron chi connectivity index (χ0n) is 12.1. The van der Waals surface area contributed by atoms with Gasteiger partial charge in [0.1, 0.15) is 6.54 Å². The summed E-state index contributed by atoms with van der Waals surface area (Å²) in [6, 6.07) is -0.571. The van der Waals surface area contributed by atoms with Gasteiger partial charge in [-0.2, -0.15) is 0 Å². The fourth-order valence-electron chi connectivity index (χ4n) is 1.53. The number of carbonyl (C=O) groups excluding carboxylic acids is 2. The number of hydrogen-bond acceptors (Lipinski definition) is 4. The van der Waals surface area contributed by atoms with Gasteiger partial charge in [0.2, 0.25) is 5.91 Å². The van der Waals surface area contributed by atoms with E-state index in [9.17, 15) is 9.59 Å². The molecule has 2 N–H and O–H groups in total. The van der Waals surface area contributed by atoms with Crippen molar-refractivity contribution >= 4 is 11.9 Å². The molecule has 0 saturated carbocycles. The lowest BCUT2D eigenvalue weighted by molar-refractivity contribution is -0.150. The molecule has 0 aromatic carbocycles. The molecule has 0 heterocycles. The minimum atomic E-state index is -0.571. The van der Waals surface area contributed by atoms with Crippen molar-refractivity contribution in [2.24, 2.45) is 17.6 Å². The van der Waals surface area contributed by atoms with Crippen LogP contribution in [0.15, 0.2) is 0 Å². The van der Waals surface area contributed by atoms with Crippen LogP contribution in [-0.2, 0) is 14.3 Å². The van der Waals surface area contributed by atoms with E-state index in [0.717, 1.165) is 0 Å². The molecule has 0 aromatic rings. The third-order valence-electron chi connectivity index (χ3n) is 2.53. The summed E-state index contributed by atoms with van der Waals surface area (Å²) in [6.07, 6.45) is 0. The normalized spacial score (nSPS) is 12.7. The van der Waals surface area contributed by atoms with Crippen LogP contribution in [0.4, 0.5) is 0 Å². The number of ether oxygens (including phenoxy) is 1. The molecule has 0 aliphatic carbocycles. The first-order chi connectivity index (χ1) is 8.29. The van der Waals surface area contributed by atoms with Gasteiger partial charge in [0.25, 0.3) is 0 Å². The molecule has 1 unspecified atom stereocenters. The molecule has 106 valence electrons. The Balaban J connectivity index is 4.66. The lowest BCUT2D eigenvalue weighted by Crippen LogP contribution is -2.49. The van der Waals surface area contributed by atoms with Crippen LogP contribution in [0, 0.1) is 11.8 Å². The highest BCUT2D eigenvalue weighted by atomic mass is 16.5. The molecule has 0 fully saturated rings. The summed E-state index contributed by atoms with van der Waals surface area (Å²) in [5.74, 6) is -0.244. The van der Waals surface area contributed by atoms with E-state index in [4.69, 9.17) is 10.5 Å². The molecule has 0 aliphatic rings. The third-order valence-corrected chi connectivity index (χ3v) is 2.53. The van der Waals surface area contributed by atoms with Gasteiger partial charge in [-0.25, -0.2) is 0 Å². The van der Waals surface area contributed by atoms with Crippen LogP contribution >= 0.6 is 0 Å². The molecule has 0 aromatic heterocycles. The number of carbonyl (C=O) groups is 2. The molecular weight excluding hydrogens is 232 g/mol. The van der Waals surface area contributed by atoms with Crippen molar-refractivity contribution in [1.29, 1.82) is 0 Å². The predicted molar refractivity (Wildman–Crippen MR) is 70.9 cm³/mol. The fourth-order valence-corrected chi connectivity index (χ4v) is 1.53. The second-order valence-electron chi connectivity index (χ2n) is 5.19. The Kier molecular flexibility index (Phi) is 7.59. The number of amides is 1. The highest BCUT2D eigenvalue weighted by molar-refractivity contribution is 5.85. The van der Waals surface area contributed by atoms with E-state index in [-0.39, 0.29) is 30.3 Å². The summed E-state index contributed by atoms with van der Waals surface area (Å²) in [5.41, 5.74) is 5.84. The molecule has 0 radical (unpaired) electrons. The van der Waals surface area contributed by atoms with Gasteiger partial charge < -0.3 is 15.4 Å². The fraction of sp³-hybridized carbons (Fsp3) is 0.846. The summed E-state index contributed by atoms with van der Waals surface area (Å²) < 4.78 is 4.87. The predicted octanol–water partition coefficient (Wildman–Crippen LogP) is 1.02. The van der Waals surface area contributed by atoms with E-state index in [2.05, 4.69) is 0 Å². The number of hydrogen-bond donors (Lipinski definition) is 1. The maximum Gasteiger partial charge on any atom is 0.325 e. The van der Waals surface area contributed by atoms with E-state index in [1.54, 1.807) is 6.92 Å². The zero-order chi connectivity index (χ0) is 14.3. The van der Waals surface area contributed by atoms with E-state index in [0.29, 0.717) is 13.2 Å². The SMILES string of the molecule is CCOC(=O)CN(CC(C)C)C(=O)C(N)C(C)C. The minimum absolute atomic E-state index is 0.0225. The Morgan fingerprint density at radius 1 is 1.22 bits per heavy atom. The van der Waals surface area contributed by atoms with Gasteiger partial charge in [-0.05, 0) is 18.8 Å². The van der Waals surface area contributed by atoms with Crippen LogP contribution in [0.2, 0.25) is 0 Å². The molecule has 0 spiro atoms. The van der Waals surface area contributed by atoms with Crippen LogP contribution in [-0.4, -0.2) is 42.5 Å². The van der Waals surface area contributed by atoms with Crippen LogP contribution in [0.3, 0.4) is 0 Å². The van der Waals surface area contributed by atoms with Crippen LogP contribution < -0.4 is 5.73 Å². The molecule has 1 amide bonds. The summed E-state index contributed by atoms with van der Waals surface area (Å²) in [7, 11) is 0. The Bertz CT molecular complexity index is 277. The summed E-state index contributed by atoms with van der Waals surface area (Å²) in [6.45, 7) is 10.3. The molecule has 5 nitrogen and oxygen atoms in total. The van der Waals surface area contributed by atoms with Gasteiger partial charge in [-0.15, -0.1) is 0 Å². The lowest BCUT2D eigenvalue weighted by Gasteiger charge is -2.27. The van der Waals surface area contributed by atoms with Crippen molar-refractivity contribution in [1.82, 2.24) is 4.90 Å². The van der Waals surface area contributed by atoms with E-state index in [1.165, 1.54) is 4.90 Å². The van der Waals surface area contributed by atoms with E-state index >= 15 is 0 Å². The monoisotopic (exact) mass is 258 g/mol. The topological polar surface area (TPSA) is 72.6 Å². The van der Waals surface area contributed by atoms with Crippen LogP contribution in [0.5, 0.6) is 0 Å². The number of nitrogens with two attached hydrogens (primary N) is 1. The standard InChI is InChI=1S/C13H26N2O3/c1-6-18-11(16)8-15(7-9(2)3)13(17)12(14)10(4)5/h9-10,12H,6-8,14H2,1-5H3. The van der Waals surface area contributed by atoms with Crippen molar-refractivity contribution < 1.29 is 14.3 Å². The van der Waals surface area contributed by atoms with Crippen molar-refractivity contribution in [2.45, 2.75) is 40.7 Å². The Morgan fingerprint density at radius 2 is 1.78 bits per heavy atom. The van der Waals surface area contributed by atoms with Crippen molar-refractivity contribution in [3.8, 4) is 0 Å². The van der Waals surface area contributed by atoms with Gasteiger partial charge in [0.05, 0.1) is 12.6 Å². The largest absolute Gasteiger partial charge is 0.465 e. The number of nitrogens with zero attached hydrogens (tertiary/aromatic N) is 1. The second kappa shape index (κ2) is 8.08. The smallest absolute Gasteiger partial charge is 0.325 e. The molecule has 0 saturated heterocycles. The summed E-state index contributed by atoms with van der Waals surface area (Å²) >= 11 is 0. The molecule has 1 atom stereocenters. The summed E-state index contributed by atoms with van der Waals surface area (Å²) in [5, 5.41) is 0. The Labute approximate surface area is 110 Å². The molecular formula is C13H26N2O3. The molecule has 18 heavy (non-hydrogen) atoms. The minimum Gasteiger partial charge on any atom is -0.465 e. The third kappa shape index (κ3) is 6.00. The molecule has 0 rings (SSSR count). The summed E-state index contributed by atoms with van der Waals surface area (Å²) in [4.78, 5) is 25.1. The average molecular weight is 258 g/mol. The quantitative estimate of drug-likeness (QED) is 0.692. The molecule has 5 heteroatoms. The Hall–Kier alpha value is -1.10. The van der Waals surface area contributed by atoms with Crippen molar-refractivity contribution in [2.75, 3.05) is 19.7 Å². The van der Waals surface area contributed by atoms with Crippen molar-refractivity contribution in [3.63, 3.8) is 0 Å². The maximum atomic E-state index is 12.2. The lowest BCUT2D eigenvalue weighted by atomic mass is 10.0. The van der Waals surface area contributed by atoms with Gasteiger partial charge in [0.15, 0.2) is 0 Å².